The SMILES string of the molecule is CC(=O)c1cccc(N=Nc2c(C(C)(C)C)nc3ccc(Cl)cn23)c1. The number of carbonyl (C=O) groups excluding carboxylic acids is 1. The van der Waals surface area contributed by atoms with Gasteiger partial charge >= 0.3 is 0 Å². The number of benzene rings is 1. The molecule has 0 saturated heterocycles. The molecule has 2 heterocycles. The van der Waals surface area contributed by atoms with Crippen molar-refractivity contribution in [3.05, 3.63) is 58.9 Å². The Morgan fingerprint density at radius 3 is 2.60 bits per heavy atom. The molecule has 6 heteroatoms. The maximum atomic E-state index is 11.5. The fourth-order valence-corrected chi connectivity index (χ4v) is 2.66. The Kier molecular flexibility index (Phi) is 4.43. The largest absolute Gasteiger partial charge is 0.295 e. The van der Waals surface area contributed by atoms with E-state index in [-0.39, 0.29) is 11.2 Å². The van der Waals surface area contributed by atoms with Crippen molar-refractivity contribution in [2.24, 2.45) is 10.2 Å². The summed E-state index contributed by atoms with van der Waals surface area (Å²) in [4.78, 5) is 16.2. The van der Waals surface area contributed by atoms with Crippen LogP contribution in [0.5, 0.6) is 0 Å². The van der Waals surface area contributed by atoms with Crippen molar-refractivity contribution in [2.75, 3.05) is 0 Å². The number of hydrogen-bond donors (Lipinski definition) is 0. The number of carbonyl (C=O) groups is 1. The number of ketones is 1. The lowest BCUT2D eigenvalue weighted by atomic mass is 9.92. The number of nitrogens with zero attached hydrogens (tertiary/aromatic N) is 4. The third-order valence-electron chi connectivity index (χ3n) is 3.78. The molecular formula is C19H19ClN4O. The number of rotatable bonds is 3. The number of imidazole rings is 1. The van der Waals surface area contributed by atoms with Crippen LogP contribution >= 0.6 is 11.6 Å². The molecule has 25 heavy (non-hydrogen) atoms. The minimum Gasteiger partial charge on any atom is -0.295 e. The van der Waals surface area contributed by atoms with Crippen molar-refractivity contribution in [1.29, 1.82) is 0 Å². The van der Waals surface area contributed by atoms with Gasteiger partial charge in [-0.25, -0.2) is 4.98 Å². The zero-order valence-electron chi connectivity index (χ0n) is 14.6. The average Bonchev–Trinajstić information content (AvgIpc) is 2.91. The van der Waals surface area contributed by atoms with E-state index in [1.807, 2.05) is 16.5 Å². The number of Topliss-reactive ketones (excluding diaryl/α,β-unsaturated/α-hetero) is 1. The standard InChI is InChI=1S/C19H19ClN4O/c1-12(25)13-6-5-7-15(10-13)22-23-18-17(19(2,3)4)21-16-9-8-14(20)11-24(16)18/h5-11H,1-4H3. The Bertz CT molecular complexity index is 983. The van der Waals surface area contributed by atoms with Crippen LogP contribution in [0.4, 0.5) is 11.5 Å². The van der Waals surface area contributed by atoms with Crippen LogP contribution in [0.1, 0.15) is 43.7 Å². The van der Waals surface area contributed by atoms with Gasteiger partial charge in [0, 0.05) is 17.2 Å². The van der Waals surface area contributed by atoms with Crippen LogP contribution in [0.25, 0.3) is 5.65 Å². The third kappa shape index (κ3) is 3.61. The van der Waals surface area contributed by atoms with Gasteiger partial charge in [-0.3, -0.25) is 9.20 Å². The summed E-state index contributed by atoms with van der Waals surface area (Å²) in [5.41, 5.74) is 2.62. The molecule has 0 atom stereocenters. The van der Waals surface area contributed by atoms with Crippen LogP contribution in [0.2, 0.25) is 5.02 Å². The molecule has 0 aliphatic rings. The van der Waals surface area contributed by atoms with Crippen molar-refractivity contribution >= 4 is 34.5 Å². The molecule has 0 aliphatic heterocycles. The first-order valence-corrected chi connectivity index (χ1v) is 8.34. The molecule has 0 radical (unpaired) electrons. The van der Waals surface area contributed by atoms with Crippen molar-refractivity contribution in [2.45, 2.75) is 33.1 Å². The van der Waals surface area contributed by atoms with Crippen LogP contribution in [-0.4, -0.2) is 15.2 Å². The molecule has 3 aromatic rings. The van der Waals surface area contributed by atoms with Gasteiger partial charge in [-0.1, -0.05) is 44.5 Å². The summed E-state index contributed by atoms with van der Waals surface area (Å²) < 4.78 is 1.83. The summed E-state index contributed by atoms with van der Waals surface area (Å²) in [6, 6.07) is 10.7. The second kappa shape index (κ2) is 6.41. The van der Waals surface area contributed by atoms with E-state index < -0.39 is 0 Å². The number of aromatic nitrogens is 2. The average molecular weight is 355 g/mol. The third-order valence-corrected chi connectivity index (χ3v) is 4.00. The molecular weight excluding hydrogens is 336 g/mol. The normalized spacial score (nSPS) is 12.2. The van der Waals surface area contributed by atoms with E-state index in [0.717, 1.165) is 11.3 Å². The first kappa shape index (κ1) is 17.3. The van der Waals surface area contributed by atoms with Crippen LogP contribution in [0.3, 0.4) is 0 Å². The Labute approximate surface area is 151 Å². The summed E-state index contributed by atoms with van der Waals surface area (Å²) >= 11 is 6.13. The lowest BCUT2D eigenvalue weighted by Crippen LogP contribution is -2.11. The molecule has 0 aliphatic carbocycles. The molecule has 1 aromatic carbocycles. The van der Waals surface area contributed by atoms with Gasteiger partial charge in [0.05, 0.1) is 16.4 Å². The maximum Gasteiger partial charge on any atom is 0.183 e. The van der Waals surface area contributed by atoms with Gasteiger partial charge in [-0.15, -0.1) is 10.2 Å². The molecule has 5 nitrogen and oxygen atoms in total. The monoisotopic (exact) mass is 354 g/mol. The topological polar surface area (TPSA) is 59.1 Å². The molecule has 0 spiro atoms. The number of fused-ring (bicyclic) bond motifs is 1. The predicted molar refractivity (Wildman–Crippen MR) is 99.5 cm³/mol. The highest BCUT2D eigenvalue weighted by molar-refractivity contribution is 6.30. The smallest absolute Gasteiger partial charge is 0.183 e. The predicted octanol–water partition coefficient (Wildman–Crippen LogP) is 5.90. The molecule has 0 unspecified atom stereocenters. The minimum absolute atomic E-state index is 0.00554. The maximum absolute atomic E-state index is 11.5. The molecule has 0 saturated carbocycles. The van der Waals surface area contributed by atoms with E-state index in [2.05, 4.69) is 36.0 Å². The fourth-order valence-electron chi connectivity index (χ4n) is 2.50. The van der Waals surface area contributed by atoms with Gasteiger partial charge in [-0.05, 0) is 31.2 Å². The van der Waals surface area contributed by atoms with E-state index in [0.29, 0.717) is 22.1 Å². The summed E-state index contributed by atoms with van der Waals surface area (Å²) in [6.07, 6.45) is 1.78. The van der Waals surface area contributed by atoms with Gasteiger partial charge in [0.1, 0.15) is 5.65 Å². The van der Waals surface area contributed by atoms with Crippen LogP contribution in [0, 0.1) is 0 Å². The first-order chi connectivity index (χ1) is 11.8. The van der Waals surface area contributed by atoms with Gasteiger partial charge in [-0.2, -0.15) is 0 Å². The molecule has 0 bridgehead atoms. The van der Waals surface area contributed by atoms with Crippen LogP contribution in [-0.2, 0) is 5.41 Å². The van der Waals surface area contributed by atoms with E-state index in [1.54, 1.807) is 30.5 Å². The highest BCUT2D eigenvalue weighted by Gasteiger charge is 2.24. The Balaban J connectivity index is 2.12. The second-order valence-corrected chi connectivity index (χ2v) is 7.35. The summed E-state index contributed by atoms with van der Waals surface area (Å²) in [7, 11) is 0. The van der Waals surface area contributed by atoms with Gasteiger partial charge in [0.15, 0.2) is 11.6 Å². The number of pyridine rings is 1. The van der Waals surface area contributed by atoms with Crippen molar-refractivity contribution in [3.8, 4) is 0 Å². The molecule has 128 valence electrons. The van der Waals surface area contributed by atoms with Gasteiger partial charge in [0.2, 0.25) is 0 Å². The van der Waals surface area contributed by atoms with Crippen molar-refractivity contribution < 1.29 is 4.79 Å². The van der Waals surface area contributed by atoms with E-state index in [9.17, 15) is 4.79 Å². The number of halogens is 1. The Morgan fingerprint density at radius 2 is 1.92 bits per heavy atom. The highest BCUT2D eigenvalue weighted by atomic mass is 35.5. The van der Waals surface area contributed by atoms with Crippen LogP contribution < -0.4 is 0 Å². The summed E-state index contributed by atoms with van der Waals surface area (Å²) in [5, 5.41) is 9.34. The number of azo groups is 1. The van der Waals surface area contributed by atoms with Crippen molar-refractivity contribution in [3.63, 3.8) is 0 Å². The zero-order valence-corrected chi connectivity index (χ0v) is 15.4. The number of hydrogen-bond acceptors (Lipinski definition) is 4. The molecule has 3 rings (SSSR count). The van der Waals surface area contributed by atoms with E-state index >= 15 is 0 Å². The van der Waals surface area contributed by atoms with Gasteiger partial charge < -0.3 is 0 Å². The van der Waals surface area contributed by atoms with Gasteiger partial charge in [0.25, 0.3) is 0 Å². The molecule has 2 aromatic heterocycles. The highest BCUT2D eigenvalue weighted by Crippen LogP contribution is 2.33. The molecule has 0 fully saturated rings. The van der Waals surface area contributed by atoms with E-state index in [1.165, 1.54) is 6.92 Å². The summed E-state index contributed by atoms with van der Waals surface area (Å²) in [5.74, 6) is 0.632. The van der Waals surface area contributed by atoms with Crippen LogP contribution in [0.15, 0.2) is 52.8 Å². The fraction of sp³-hybridized carbons (Fsp3) is 0.263. The van der Waals surface area contributed by atoms with Crippen molar-refractivity contribution in [1.82, 2.24) is 9.38 Å². The Morgan fingerprint density at radius 1 is 1.16 bits per heavy atom. The molecule has 0 N–H and O–H groups in total. The molecule has 0 amide bonds. The zero-order chi connectivity index (χ0) is 18.2. The quantitative estimate of drug-likeness (QED) is 0.434. The van der Waals surface area contributed by atoms with E-state index in [4.69, 9.17) is 11.6 Å². The summed E-state index contributed by atoms with van der Waals surface area (Å²) in [6.45, 7) is 7.75. The lowest BCUT2D eigenvalue weighted by Gasteiger charge is -2.15. The minimum atomic E-state index is -0.200. The second-order valence-electron chi connectivity index (χ2n) is 6.92. The lowest BCUT2D eigenvalue weighted by molar-refractivity contribution is 0.101. The first-order valence-electron chi connectivity index (χ1n) is 7.96. The Hall–Kier alpha value is -2.53.